The van der Waals surface area contributed by atoms with Gasteiger partial charge in [0, 0.05) is 39.6 Å². The molecule has 6 nitrogen and oxygen atoms in total. The van der Waals surface area contributed by atoms with Gasteiger partial charge in [-0.15, -0.1) is 0 Å². The summed E-state index contributed by atoms with van der Waals surface area (Å²) in [6.45, 7) is 3.00. The van der Waals surface area contributed by atoms with Gasteiger partial charge in [0.2, 0.25) is 5.91 Å². The second-order valence-corrected chi connectivity index (χ2v) is 7.28. The maximum absolute atomic E-state index is 11.9. The van der Waals surface area contributed by atoms with Crippen LogP contribution in [0.5, 0.6) is 0 Å². The van der Waals surface area contributed by atoms with Gasteiger partial charge in [-0.2, -0.15) is 17.0 Å². The Morgan fingerprint density at radius 1 is 1.32 bits per heavy atom. The quantitative estimate of drug-likeness (QED) is 0.777. The molecule has 7 heteroatoms. The largest absolute Gasteiger partial charge is 0.353 e. The summed E-state index contributed by atoms with van der Waals surface area (Å²) >= 11 is 0. The van der Waals surface area contributed by atoms with Crippen molar-refractivity contribution in [2.75, 3.05) is 27.2 Å². The Bertz CT molecular complexity index is 387. The van der Waals surface area contributed by atoms with E-state index in [2.05, 4.69) is 12.2 Å². The topological polar surface area (TPSA) is 69.7 Å². The number of hydrogen-bond acceptors (Lipinski definition) is 3. The van der Waals surface area contributed by atoms with Gasteiger partial charge in [-0.3, -0.25) is 4.79 Å². The normalized spacial score (nSPS) is 18.7. The summed E-state index contributed by atoms with van der Waals surface area (Å²) in [5.41, 5.74) is 0. The Morgan fingerprint density at radius 2 is 1.89 bits per heavy atom. The third kappa shape index (κ3) is 4.74. The molecule has 0 aromatic rings. The number of nitrogens with zero attached hydrogens (tertiary/aromatic N) is 2. The summed E-state index contributed by atoms with van der Waals surface area (Å²) in [7, 11) is -0.241. The highest BCUT2D eigenvalue weighted by Crippen LogP contribution is 2.15. The zero-order valence-electron chi connectivity index (χ0n) is 12.1. The monoisotopic (exact) mass is 291 g/mol. The summed E-state index contributed by atoms with van der Waals surface area (Å²) in [5, 5.41) is 2.98. The fourth-order valence-electron chi connectivity index (χ4n) is 2.10. The first-order valence-corrected chi connectivity index (χ1v) is 8.24. The number of piperidine rings is 1. The first-order chi connectivity index (χ1) is 8.87. The van der Waals surface area contributed by atoms with Gasteiger partial charge in [0.15, 0.2) is 0 Å². The molecule has 112 valence electrons. The molecule has 1 heterocycles. The van der Waals surface area contributed by atoms with Gasteiger partial charge in [-0.05, 0) is 19.3 Å². The van der Waals surface area contributed by atoms with E-state index in [-0.39, 0.29) is 11.9 Å². The standard InChI is InChI=1S/C12H25N3O3S/c1-4-5-6-12(16)13-11-7-9-15(10-8-11)19(17,18)14(2)3/h11H,4-10H2,1-3H3,(H,13,16). The van der Waals surface area contributed by atoms with Crippen molar-refractivity contribution in [1.82, 2.24) is 13.9 Å². The number of amides is 1. The summed E-state index contributed by atoms with van der Waals surface area (Å²) in [6.07, 6.45) is 3.84. The number of carbonyl (C=O) groups is 1. The molecule has 0 aliphatic carbocycles. The van der Waals surface area contributed by atoms with Gasteiger partial charge >= 0.3 is 0 Å². The molecule has 1 fully saturated rings. The SMILES string of the molecule is CCCCC(=O)NC1CCN(S(=O)(=O)N(C)C)CC1. The minimum Gasteiger partial charge on any atom is -0.353 e. The third-order valence-electron chi connectivity index (χ3n) is 3.36. The van der Waals surface area contributed by atoms with Crippen LogP contribution >= 0.6 is 0 Å². The Labute approximate surface area is 116 Å². The van der Waals surface area contributed by atoms with Gasteiger partial charge in [-0.1, -0.05) is 13.3 Å². The fourth-order valence-corrected chi connectivity index (χ4v) is 3.23. The molecular weight excluding hydrogens is 266 g/mol. The lowest BCUT2D eigenvalue weighted by atomic mass is 10.1. The lowest BCUT2D eigenvalue weighted by Crippen LogP contribution is -2.49. The molecule has 0 spiro atoms. The number of carbonyl (C=O) groups excluding carboxylic acids is 1. The highest BCUT2D eigenvalue weighted by Gasteiger charge is 2.29. The van der Waals surface area contributed by atoms with E-state index >= 15 is 0 Å². The number of unbranched alkanes of at least 4 members (excludes halogenated alkanes) is 1. The van der Waals surface area contributed by atoms with Crippen molar-refractivity contribution in [1.29, 1.82) is 0 Å². The highest BCUT2D eigenvalue weighted by molar-refractivity contribution is 7.86. The lowest BCUT2D eigenvalue weighted by Gasteiger charge is -2.33. The molecule has 0 unspecified atom stereocenters. The van der Waals surface area contributed by atoms with Crippen molar-refractivity contribution in [2.24, 2.45) is 0 Å². The van der Waals surface area contributed by atoms with Gasteiger partial charge < -0.3 is 5.32 Å². The second-order valence-electron chi connectivity index (χ2n) is 5.13. The second kappa shape index (κ2) is 7.21. The van der Waals surface area contributed by atoms with Crippen LogP contribution in [0.4, 0.5) is 0 Å². The van der Waals surface area contributed by atoms with Crippen LogP contribution in [0.15, 0.2) is 0 Å². The molecule has 19 heavy (non-hydrogen) atoms. The third-order valence-corrected chi connectivity index (χ3v) is 5.30. The molecular formula is C12H25N3O3S. The van der Waals surface area contributed by atoms with Crippen molar-refractivity contribution in [3.05, 3.63) is 0 Å². The van der Waals surface area contributed by atoms with E-state index in [1.54, 1.807) is 0 Å². The van der Waals surface area contributed by atoms with Crippen LogP contribution in [0, 0.1) is 0 Å². The minimum absolute atomic E-state index is 0.0794. The number of nitrogens with one attached hydrogen (secondary N) is 1. The molecule has 0 aromatic carbocycles. The average Bonchev–Trinajstić information content (AvgIpc) is 2.36. The summed E-state index contributed by atoms with van der Waals surface area (Å²) in [5.74, 6) is 0.0794. The van der Waals surface area contributed by atoms with Crippen LogP contribution in [-0.4, -0.2) is 56.2 Å². The molecule has 0 atom stereocenters. The van der Waals surface area contributed by atoms with Crippen LogP contribution in [-0.2, 0) is 15.0 Å². The summed E-state index contributed by atoms with van der Waals surface area (Å²) < 4.78 is 26.5. The Hall–Kier alpha value is -0.660. The number of hydrogen-bond donors (Lipinski definition) is 1. The Morgan fingerprint density at radius 3 is 2.37 bits per heavy atom. The smallest absolute Gasteiger partial charge is 0.281 e. The van der Waals surface area contributed by atoms with Crippen LogP contribution in [0.25, 0.3) is 0 Å². The van der Waals surface area contributed by atoms with E-state index < -0.39 is 10.2 Å². The molecule has 0 bridgehead atoms. The van der Waals surface area contributed by atoms with Crippen LogP contribution in [0.3, 0.4) is 0 Å². The first kappa shape index (κ1) is 16.4. The van der Waals surface area contributed by atoms with Crippen LogP contribution < -0.4 is 5.32 Å². The molecule has 1 saturated heterocycles. The predicted octanol–water partition coefficient (Wildman–Crippen LogP) is 0.564. The Balaban J connectivity index is 2.39. The van der Waals surface area contributed by atoms with Crippen molar-refractivity contribution in [3.63, 3.8) is 0 Å². The fraction of sp³-hybridized carbons (Fsp3) is 0.917. The van der Waals surface area contributed by atoms with Crippen molar-refractivity contribution < 1.29 is 13.2 Å². The highest BCUT2D eigenvalue weighted by atomic mass is 32.2. The van der Waals surface area contributed by atoms with Gasteiger partial charge in [0.05, 0.1) is 0 Å². The van der Waals surface area contributed by atoms with Crippen molar-refractivity contribution in [3.8, 4) is 0 Å². The van der Waals surface area contributed by atoms with Gasteiger partial charge in [0.1, 0.15) is 0 Å². The maximum Gasteiger partial charge on any atom is 0.281 e. The molecule has 1 aliphatic heterocycles. The van der Waals surface area contributed by atoms with E-state index in [1.807, 2.05) is 0 Å². The van der Waals surface area contributed by atoms with E-state index in [0.29, 0.717) is 32.4 Å². The molecule has 1 rings (SSSR count). The summed E-state index contributed by atoms with van der Waals surface area (Å²) in [4.78, 5) is 11.6. The molecule has 1 aliphatic rings. The molecule has 0 radical (unpaired) electrons. The zero-order valence-corrected chi connectivity index (χ0v) is 12.9. The zero-order chi connectivity index (χ0) is 14.5. The van der Waals surface area contributed by atoms with Crippen LogP contribution in [0.1, 0.15) is 39.0 Å². The molecule has 1 N–H and O–H groups in total. The summed E-state index contributed by atoms with van der Waals surface area (Å²) in [6, 6.07) is 0.109. The predicted molar refractivity (Wildman–Crippen MR) is 74.9 cm³/mol. The minimum atomic E-state index is -3.31. The lowest BCUT2D eigenvalue weighted by molar-refractivity contribution is -0.122. The molecule has 0 aromatic heterocycles. The van der Waals surface area contributed by atoms with Gasteiger partial charge in [-0.25, -0.2) is 0 Å². The number of rotatable bonds is 6. The molecule has 0 saturated carbocycles. The van der Waals surface area contributed by atoms with E-state index in [1.165, 1.54) is 22.7 Å². The van der Waals surface area contributed by atoms with E-state index in [9.17, 15) is 13.2 Å². The van der Waals surface area contributed by atoms with E-state index in [4.69, 9.17) is 0 Å². The van der Waals surface area contributed by atoms with E-state index in [0.717, 1.165) is 12.8 Å². The molecule has 1 amide bonds. The van der Waals surface area contributed by atoms with Crippen LogP contribution in [0.2, 0.25) is 0 Å². The first-order valence-electron chi connectivity index (χ1n) is 6.85. The van der Waals surface area contributed by atoms with Crippen molar-refractivity contribution >= 4 is 16.1 Å². The van der Waals surface area contributed by atoms with Crippen molar-refractivity contribution in [2.45, 2.75) is 45.1 Å². The van der Waals surface area contributed by atoms with Gasteiger partial charge in [0.25, 0.3) is 10.2 Å². The Kier molecular flexibility index (Phi) is 6.22. The average molecular weight is 291 g/mol. The maximum atomic E-state index is 11.9.